The van der Waals surface area contributed by atoms with E-state index in [0.29, 0.717) is 21.3 Å². The highest BCUT2D eigenvalue weighted by molar-refractivity contribution is 7.15. The second-order valence-electron chi connectivity index (χ2n) is 3.96. The molecular formula is C14H12ClNO3S. The number of benzene rings is 1. The molecule has 0 spiro atoms. The number of carbonyl (C=O) groups is 2. The summed E-state index contributed by atoms with van der Waals surface area (Å²) in [4.78, 5) is 24.1. The van der Waals surface area contributed by atoms with Crippen LogP contribution in [-0.2, 0) is 11.3 Å². The first-order valence-electron chi connectivity index (χ1n) is 5.81. The van der Waals surface area contributed by atoms with E-state index < -0.39 is 5.97 Å². The van der Waals surface area contributed by atoms with Crippen molar-refractivity contribution in [2.24, 2.45) is 0 Å². The number of methoxy groups -OCH3 is 1. The lowest BCUT2D eigenvalue weighted by Crippen LogP contribution is -2.21. The van der Waals surface area contributed by atoms with Crippen LogP contribution >= 0.6 is 22.9 Å². The van der Waals surface area contributed by atoms with Crippen molar-refractivity contribution < 1.29 is 14.3 Å². The average molecular weight is 310 g/mol. The number of halogens is 1. The van der Waals surface area contributed by atoms with Crippen LogP contribution in [0.5, 0.6) is 0 Å². The van der Waals surface area contributed by atoms with Gasteiger partial charge in [0, 0.05) is 11.6 Å². The highest BCUT2D eigenvalue weighted by Gasteiger charge is 2.13. The number of carbonyl (C=O) groups excluding carboxylic acids is 2. The smallest absolute Gasteiger partial charge is 0.348 e. The summed E-state index contributed by atoms with van der Waals surface area (Å²) in [7, 11) is 1.31. The van der Waals surface area contributed by atoms with E-state index >= 15 is 0 Å². The minimum atomic E-state index is -0.438. The predicted molar refractivity (Wildman–Crippen MR) is 78.3 cm³/mol. The number of thiophene rings is 1. The number of amides is 1. The van der Waals surface area contributed by atoms with Crippen LogP contribution in [0.25, 0.3) is 0 Å². The zero-order valence-corrected chi connectivity index (χ0v) is 12.3. The molecular weight excluding hydrogens is 298 g/mol. The van der Waals surface area contributed by atoms with Gasteiger partial charge in [-0.2, -0.15) is 0 Å². The highest BCUT2D eigenvalue weighted by Crippen LogP contribution is 2.17. The number of hydrogen-bond donors (Lipinski definition) is 1. The second kappa shape index (κ2) is 6.54. The molecule has 0 aliphatic rings. The van der Waals surface area contributed by atoms with E-state index in [2.05, 4.69) is 10.1 Å². The number of nitrogens with one attached hydrogen (secondary N) is 1. The molecule has 0 saturated carbocycles. The van der Waals surface area contributed by atoms with Gasteiger partial charge in [-0.15, -0.1) is 11.3 Å². The van der Waals surface area contributed by atoms with Gasteiger partial charge in [0.2, 0.25) is 0 Å². The molecule has 0 saturated heterocycles. The maximum Gasteiger partial charge on any atom is 0.348 e. The molecule has 20 heavy (non-hydrogen) atoms. The molecule has 1 heterocycles. The van der Waals surface area contributed by atoms with Crippen LogP contribution in [0.1, 0.15) is 24.9 Å². The molecule has 0 unspecified atom stereocenters. The molecule has 0 aliphatic heterocycles. The van der Waals surface area contributed by atoms with E-state index in [1.165, 1.54) is 7.11 Å². The van der Waals surface area contributed by atoms with Gasteiger partial charge >= 0.3 is 5.97 Å². The van der Waals surface area contributed by atoms with E-state index in [9.17, 15) is 9.59 Å². The average Bonchev–Trinajstić information content (AvgIpc) is 2.95. The van der Waals surface area contributed by atoms with Crippen LogP contribution < -0.4 is 5.32 Å². The van der Waals surface area contributed by atoms with E-state index in [4.69, 9.17) is 11.6 Å². The number of esters is 1. The Morgan fingerprint density at radius 2 is 1.80 bits per heavy atom. The Kier molecular flexibility index (Phi) is 4.76. The Bertz CT molecular complexity index is 622. The minimum Gasteiger partial charge on any atom is -0.465 e. The first-order chi connectivity index (χ1) is 9.60. The molecule has 0 bridgehead atoms. The van der Waals surface area contributed by atoms with E-state index in [0.717, 1.165) is 16.9 Å². The standard InChI is InChI=1S/C14H12ClNO3S/c1-19-14(18)12-7-6-11(20-12)13(17)16-8-9-2-4-10(15)5-3-9/h2-7H,8H2,1H3,(H,16,17). The van der Waals surface area contributed by atoms with Gasteiger partial charge in [0.05, 0.1) is 12.0 Å². The summed E-state index contributed by atoms with van der Waals surface area (Å²) in [6.45, 7) is 0.404. The molecule has 1 amide bonds. The fourth-order valence-electron chi connectivity index (χ4n) is 1.54. The Labute approximate surface area is 125 Å². The summed E-state index contributed by atoms with van der Waals surface area (Å²) >= 11 is 6.89. The molecule has 0 atom stereocenters. The van der Waals surface area contributed by atoms with Crippen LogP contribution in [-0.4, -0.2) is 19.0 Å². The van der Waals surface area contributed by atoms with Crippen molar-refractivity contribution in [2.75, 3.05) is 7.11 Å². The normalized spacial score (nSPS) is 10.1. The molecule has 0 aliphatic carbocycles. The van der Waals surface area contributed by atoms with E-state index in [-0.39, 0.29) is 5.91 Å². The summed E-state index contributed by atoms with van der Waals surface area (Å²) in [5.74, 6) is -0.660. The summed E-state index contributed by atoms with van der Waals surface area (Å²) in [5.41, 5.74) is 0.951. The lowest BCUT2D eigenvalue weighted by Gasteiger charge is -2.03. The van der Waals surface area contributed by atoms with Crippen molar-refractivity contribution in [2.45, 2.75) is 6.54 Å². The third kappa shape index (κ3) is 3.59. The maximum atomic E-state index is 11.9. The third-order valence-electron chi connectivity index (χ3n) is 2.58. The molecule has 104 valence electrons. The molecule has 1 aromatic heterocycles. The number of ether oxygens (including phenoxy) is 1. The molecule has 2 aromatic rings. The molecule has 1 aromatic carbocycles. The lowest BCUT2D eigenvalue weighted by atomic mass is 10.2. The van der Waals surface area contributed by atoms with Gasteiger partial charge in [-0.05, 0) is 29.8 Å². The predicted octanol–water partition coefficient (Wildman–Crippen LogP) is 3.12. The van der Waals surface area contributed by atoms with Crippen molar-refractivity contribution in [3.8, 4) is 0 Å². The summed E-state index contributed by atoms with van der Waals surface area (Å²) in [6.07, 6.45) is 0. The lowest BCUT2D eigenvalue weighted by molar-refractivity contribution is 0.0606. The van der Waals surface area contributed by atoms with Crippen molar-refractivity contribution in [1.29, 1.82) is 0 Å². The van der Waals surface area contributed by atoms with Crippen molar-refractivity contribution in [1.82, 2.24) is 5.32 Å². The van der Waals surface area contributed by atoms with Gasteiger partial charge in [-0.1, -0.05) is 23.7 Å². The van der Waals surface area contributed by atoms with Crippen LogP contribution in [0.3, 0.4) is 0 Å². The topological polar surface area (TPSA) is 55.4 Å². The van der Waals surface area contributed by atoms with Gasteiger partial charge in [-0.25, -0.2) is 4.79 Å². The van der Waals surface area contributed by atoms with Gasteiger partial charge in [-0.3, -0.25) is 4.79 Å². The minimum absolute atomic E-state index is 0.222. The van der Waals surface area contributed by atoms with Crippen molar-refractivity contribution >= 4 is 34.8 Å². The van der Waals surface area contributed by atoms with Crippen LogP contribution in [0.4, 0.5) is 0 Å². The Hall–Kier alpha value is -1.85. The zero-order chi connectivity index (χ0) is 14.5. The quantitative estimate of drug-likeness (QED) is 0.883. The van der Waals surface area contributed by atoms with Gasteiger partial charge in [0.15, 0.2) is 0 Å². The van der Waals surface area contributed by atoms with E-state index in [1.54, 1.807) is 24.3 Å². The SMILES string of the molecule is COC(=O)c1ccc(C(=O)NCc2ccc(Cl)cc2)s1. The molecule has 0 fully saturated rings. The zero-order valence-electron chi connectivity index (χ0n) is 10.7. The number of hydrogen-bond acceptors (Lipinski definition) is 4. The van der Waals surface area contributed by atoms with Crippen molar-refractivity contribution in [3.63, 3.8) is 0 Å². The van der Waals surface area contributed by atoms with Crippen LogP contribution in [0.15, 0.2) is 36.4 Å². The Balaban J connectivity index is 1.96. The second-order valence-corrected chi connectivity index (χ2v) is 5.48. The van der Waals surface area contributed by atoms with Crippen LogP contribution in [0, 0.1) is 0 Å². The number of rotatable bonds is 4. The largest absolute Gasteiger partial charge is 0.465 e. The van der Waals surface area contributed by atoms with E-state index in [1.807, 2.05) is 12.1 Å². The first-order valence-corrected chi connectivity index (χ1v) is 7.00. The maximum absolute atomic E-state index is 11.9. The Morgan fingerprint density at radius 1 is 1.15 bits per heavy atom. The van der Waals surface area contributed by atoms with Crippen molar-refractivity contribution in [3.05, 3.63) is 56.7 Å². The molecule has 6 heteroatoms. The molecule has 1 N–H and O–H groups in total. The van der Waals surface area contributed by atoms with Crippen LogP contribution in [0.2, 0.25) is 5.02 Å². The highest BCUT2D eigenvalue weighted by atomic mass is 35.5. The Morgan fingerprint density at radius 3 is 2.45 bits per heavy atom. The molecule has 2 rings (SSSR count). The third-order valence-corrected chi connectivity index (χ3v) is 3.90. The first kappa shape index (κ1) is 14.6. The van der Waals surface area contributed by atoms with Gasteiger partial charge in [0.25, 0.3) is 5.91 Å². The summed E-state index contributed by atoms with van der Waals surface area (Å²) in [5, 5.41) is 3.44. The molecule has 0 radical (unpaired) electrons. The van der Waals surface area contributed by atoms with Gasteiger partial charge < -0.3 is 10.1 Å². The summed E-state index contributed by atoms with van der Waals surface area (Å²) in [6, 6.07) is 10.4. The fraction of sp³-hybridized carbons (Fsp3) is 0.143. The van der Waals surface area contributed by atoms with Gasteiger partial charge in [0.1, 0.15) is 4.88 Å². The monoisotopic (exact) mass is 309 g/mol. The molecule has 4 nitrogen and oxygen atoms in total. The fourth-order valence-corrected chi connectivity index (χ4v) is 2.51. The summed E-state index contributed by atoms with van der Waals surface area (Å²) < 4.78 is 4.60.